The molecule has 1 aliphatic rings. The molecule has 0 spiro atoms. The number of nitro groups is 1. The Kier molecular flexibility index (Phi) is 13.5. The maximum Gasteiger partial charge on any atom is 0.432 e. The van der Waals surface area contributed by atoms with Gasteiger partial charge in [0, 0.05) is 37.0 Å². The monoisotopic (exact) mass is 707 g/mol. The maximum atomic E-state index is 14.3. The first kappa shape index (κ1) is 39.1. The predicted octanol–water partition coefficient (Wildman–Crippen LogP) is 5.32. The number of hydrogen-bond acceptors (Lipinski definition) is 9. The van der Waals surface area contributed by atoms with Crippen LogP contribution in [0.3, 0.4) is 0 Å². The van der Waals surface area contributed by atoms with Gasteiger partial charge in [0.05, 0.1) is 33.1 Å². The number of benzene rings is 2. The molecule has 0 fully saturated rings. The topological polar surface area (TPSA) is 172 Å². The minimum atomic E-state index is -5.22. The van der Waals surface area contributed by atoms with Crippen molar-refractivity contribution in [3.63, 3.8) is 0 Å². The zero-order valence-electron chi connectivity index (χ0n) is 25.5. The number of ether oxygens (including phenoxy) is 2. The smallest absolute Gasteiger partial charge is 0.432 e. The van der Waals surface area contributed by atoms with Crippen molar-refractivity contribution < 1.29 is 52.5 Å². The van der Waals surface area contributed by atoms with Crippen molar-refractivity contribution in [2.75, 3.05) is 33.4 Å². The molecule has 0 bridgehead atoms. The summed E-state index contributed by atoms with van der Waals surface area (Å²) in [6.07, 6.45) is -5.20. The van der Waals surface area contributed by atoms with Crippen LogP contribution in [0.5, 0.6) is 11.5 Å². The molecule has 0 saturated heterocycles. The molecule has 258 valence electrons. The highest BCUT2D eigenvalue weighted by Gasteiger charge is 2.56. The van der Waals surface area contributed by atoms with Crippen LogP contribution in [0.15, 0.2) is 65.0 Å². The number of para-hydroxylation sites is 1. The molecule has 0 amide bonds. The summed E-state index contributed by atoms with van der Waals surface area (Å²) < 4.78 is 54.2. The van der Waals surface area contributed by atoms with Crippen LogP contribution in [0.1, 0.15) is 32.3 Å². The summed E-state index contributed by atoms with van der Waals surface area (Å²) in [6.45, 7) is 2.63. The summed E-state index contributed by atoms with van der Waals surface area (Å²) in [5.74, 6) is -3.56. The molecule has 3 rings (SSSR count). The van der Waals surface area contributed by atoms with Gasteiger partial charge in [-0.05, 0) is 51.4 Å². The Morgan fingerprint density at radius 1 is 1.09 bits per heavy atom. The average Bonchev–Trinajstić information content (AvgIpc) is 2.96. The molecule has 4 N–H and O–H groups in total. The number of carboxylic acids is 2. The van der Waals surface area contributed by atoms with Crippen molar-refractivity contribution in [2.24, 2.45) is 0 Å². The van der Waals surface area contributed by atoms with Gasteiger partial charge in [-0.25, -0.2) is 9.59 Å². The standard InChI is InChI=1S/C30H33ClF3N3O9.ClH/c1-17-24(27(39)40)29(2,25(28(41)42)26(36(17)3)30(32,33)34)20-14-18(37(43)44)10-11-22(20)45-13-7-6-12-35-15-19(38)16-46-23-9-5-4-8-21(23)31;/h4-5,8-11,14,19,35,38H,6-7,12-13,15-16H2,1-3H3,(H,39,40)(H,41,42);1H. The van der Waals surface area contributed by atoms with Crippen LogP contribution in [-0.4, -0.2) is 82.7 Å². The van der Waals surface area contributed by atoms with Gasteiger partial charge in [-0.2, -0.15) is 13.2 Å². The van der Waals surface area contributed by atoms with E-state index in [9.17, 15) is 48.2 Å². The highest BCUT2D eigenvalue weighted by Crippen LogP contribution is 2.52. The number of nitro benzene ring substituents is 1. The third-order valence-electron chi connectivity index (χ3n) is 7.50. The fourth-order valence-electron chi connectivity index (χ4n) is 5.27. The Bertz CT molecular complexity index is 1550. The minimum absolute atomic E-state index is 0. The third kappa shape index (κ3) is 8.86. The second-order valence-corrected chi connectivity index (χ2v) is 11.0. The van der Waals surface area contributed by atoms with Gasteiger partial charge in [-0.1, -0.05) is 23.7 Å². The molecule has 0 radical (unpaired) electrons. The van der Waals surface area contributed by atoms with Crippen LogP contribution in [0.2, 0.25) is 5.02 Å². The lowest BCUT2D eigenvalue weighted by atomic mass is 9.66. The molecule has 1 heterocycles. The van der Waals surface area contributed by atoms with E-state index in [1.54, 1.807) is 24.3 Å². The predicted molar refractivity (Wildman–Crippen MR) is 167 cm³/mol. The third-order valence-corrected chi connectivity index (χ3v) is 7.81. The molecule has 2 aromatic carbocycles. The number of unbranched alkanes of at least 4 members (excludes halogenated alkanes) is 1. The van der Waals surface area contributed by atoms with Gasteiger partial charge in [0.2, 0.25) is 0 Å². The average molecular weight is 709 g/mol. The van der Waals surface area contributed by atoms with E-state index < -0.39 is 68.3 Å². The van der Waals surface area contributed by atoms with Crippen LogP contribution in [0.4, 0.5) is 18.9 Å². The number of aliphatic hydroxyl groups is 1. The number of non-ortho nitro benzene ring substituents is 1. The van der Waals surface area contributed by atoms with E-state index in [-0.39, 0.29) is 37.9 Å². The molecule has 0 aromatic heterocycles. The molecule has 47 heavy (non-hydrogen) atoms. The fourth-order valence-corrected chi connectivity index (χ4v) is 5.46. The van der Waals surface area contributed by atoms with Crippen LogP contribution in [-0.2, 0) is 15.0 Å². The minimum Gasteiger partial charge on any atom is -0.493 e. The summed E-state index contributed by atoms with van der Waals surface area (Å²) in [6, 6.07) is 9.77. The molecule has 17 heteroatoms. The number of aliphatic carboxylic acids is 2. The normalized spacial score (nSPS) is 17.2. The number of halogens is 5. The summed E-state index contributed by atoms with van der Waals surface area (Å²) in [5.41, 5.74) is -7.62. The molecule has 2 unspecified atom stereocenters. The zero-order valence-corrected chi connectivity index (χ0v) is 27.0. The van der Waals surface area contributed by atoms with Crippen LogP contribution < -0.4 is 14.8 Å². The number of carboxylic acid groups (broad SMARTS) is 2. The van der Waals surface area contributed by atoms with Gasteiger partial charge in [-0.3, -0.25) is 10.1 Å². The Labute approximate surface area is 279 Å². The highest BCUT2D eigenvalue weighted by atomic mass is 35.5. The second kappa shape index (κ2) is 16.2. The largest absolute Gasteiger partial charge is 0.493 e. The van der Waals surface area contributed by atoms with Crippen molar-refractivity contribution in [2.45, 2.75) is 44.4 Å². The second-order valence-electron chi connectivity index (χ2n) is 10.6. The quantitative estimate of drug-likeness (QED) is 0.107. The van der Waals surface area contributed by atoms with Gasteiger partial charge in [0.15, 0.2) is 0 Å². The Morgan fingerprint density at radius 2 is 1.72 bits per heavy atom. The van der Waals surface area contributed by atoms with Gasteiger partial charge in [0.25, 0.3) is 5.69 Å². The number of hydrogen-bond donors (Lipinski definition) is 4. The van der Waals surface area contributed by atoms with E-state index >= 15 is 0 Å². The van der Waals surface area contributed by atoms with Crippen molar-refractivity contribution in [3.05, 3.63) is 85.7 Å². The lowest BCUT2D eigenvalue weighted by Crippen LogP contribution is -2.46. The zero-order chi connectivity index (χ0) is 34.4. The number of nitrogens with zero attached hydrogens (tertiary/aromatic N) is 2. The van der Waals surface area contributed by atoms with Gasteiger partial charge < -0.3 is 35.0 Å². The first-order valence-corrected chi connectivity index (χ1v) is 14.3. The summed E-state index contributed by atoms with van der Waals surface area (Å²) >= 11 is 6.02. The maximum absolute atomic E-state index is 14.3. The van der Waals surface area contributed by atoms with Crippen molar-refractivity contribution in [1.29, 1.82) is 0 Å². The van der Waals surface area contributed by atoms with Gasteiger partial charge in [0.1, 0.15) is 29.9 Å². The highest BCUT2D eigenvalue weighted by molar-refractivity contribution is 6.32. The SMILES string of the molecule is CC1=C(C(=O)O)C(C)(c2cc([N+](=O)[O-])ccc2OCCCCNCC(O)COc2ccccc2Cl)C(C(=O)O)=C(C(F)(F)F)N1C.Cl. The number of allylic oxidation sites excluding steroid dienone is 2. The van der Waals surface area contributed by atoms with Gasteiger partial charge >= 0.3 is 18.1 Å². The van der Waals surface area contributed by atoms with Crippen molar-refractivity contribution >= 4 is 41.6 Å². The van der Waals surface area contributed by atoms with E-state index in [0.717, 1.165) is 39.1 Å². The van der Waals surface area contributed by atoms with Crippen molar-refractivity contribution in [3.8, 4) is 11.5 Å². The molecule has 0 aliphatic carbocycles. The van der Waals surface area contributed by atoms with Crippen molar-refractivity contribution in [1.82, 2.24) is 10.2 Å². The number of nitrogens with one attached hydrogen (secondary N) is 1. The van der Waals surface area contributed by atoms with Gasteiger partial charge in [-0.15, -0.1) is 12.4 Å². The first-order valence-electron chi connectivity index (χ1n) is 13.9. The van der Waals surface area contributed by atoms with Crippen LogP contribution in [0.25, 0.3) is 0 Å². The molecular formula is C30H34Cl2F3N3O9. The number of alkyl halides is 3. The summed E-state index contributed by atoms with van der Waals surface area (Å²) in [7, 11) is 0.896. The summed E-state index contributed by atoms with van der Waals surface area (Å²) in [4.78, 5) is 36.2. The number of carbonyl (C=O) groups is 2. The number of aliphatic hydroxyl groups excluding tert-OH is 1. The van der Waals surface area contributed by atoms with Crippen LogP contribution >= 0.6 is 24.0 Å². The van der Waals surface area contributed by atoms with E-state index in [4.69, 9.17) is 21.1 Å². The van der Waals surface area contributed by atoms with Crippen LogP contribution in [0, 0.1) is 10.1 Å². The Morgan fingerprint density at radius 3 is 2.30 bits per heavy atom. The molecular weight excluding hydrogens is 674 g/mol. The molecule has 2 aromatic rings. The van der Waals surface area contributed by atoms with E-state index in [1.165, 1.54) is 0 Å². The molecule has 2 atom stereocenters. The fraction of sp³-hybridized carbons (Fsp3) is 0.400. The summed E-state index contributed by atoms with van der Waals surface area (Å²) in [5, 5.41) is 45.4. The first-order chi connectivity index (χ1) is 21.5. The molecule has 12 nitrogen and oxygen atoms in total. The lowest BCUT2D eigenvalue weighted by Gasteiger charge is -2.42. The van der Waals surface area contributed by atoms with E-state index in [1.807, 2.05) is 0 Å². The van der Waals surface area contributed by atoms with E-state index in [0.29, 0.717) is 35.1 Å². The number of rotatable bonds is 15. The Hall–Kier alpha value is -4.05. The lowest BCUT2D eigenvalue weighted by molar-refractivity contribution is -0.385. The Balaban J connectivity index is 0.00000768. The molecule has 1 aliphatic heterocycles. The molecule has 0 saturated carbocycles. The van der Waals surface area contributed by atoms with E-state index in [2.05, 4.69) is 5.32 Å².